The van der Waals surface area contributed by atoms with E-state index in [9.17, 15) is 13.2 Å². The average Bonchev–Trinajstić information content (AvgIpc) is 3.07. The largest absolute Gasteiger partial charge is 0.496 e. The van der Waals surface area contributed by atoms with Gasteiger partial charge in [-0.1, -0.05) is 11.6 Å². The highest BCUT2D eigenvalue weighted by atomic mass is 35.5. The summed E-state index contributed by atoms with van der Waals surface area (Å²) in [7, 11) is 1.34. The summed E-state index contributed by atoms with van der Waals surface area (Å²) in [6, 6.07) is 1.75. The Morgan fingerprint density at radius 3 is 2.32 bits per heavy atom. The Hall–Kier alpha value is -0.940. The minimum Gasteiger partial charge on any atom is -0.496 e. The first kappa shape index (κ1) is 14.5. The summed E-state index contributed by atoms with van der Waals surface area (Å²) >= 11 is 6.05. The summed E-state index contributed by atoms with van der Waals surface area (Å²) in [6.45, 7) is 1.83. The van der Waals surface area contributed by atoms with Crippen LogP contribution < -0.4 is 10.5 Å². The molecule has 1 aromatic rings. The summed E-state index contributed by atoms with van der Waals surface area (Å²) < 4.78 is 43.3. The van der Waals surface area contributed by atoms with Crippen molar-refractivity contribution in [2.24, 2.45) is 5.73 Å². The zero-order valence-electron chi connectivity index (χ0n) is 10.6. The Labute approximate surface area is 114 Å². The maximum atomic E-state index is 12.7. The number of hydrogen-bond acceptors (Lipinski definition) is 2. The number of ether oxygens (including phenoxy) is 1. The number of rotatable bonds is 3. The van der Waals surface area contributed by atoms with E-state index < -0.39 is 11.7 Å². The highest BCUT2D eigenvalue weighted by molar-refractivity contribution is 6.31. The first-order chi connectivity index (χ1) is 8.72. The van der Waals surface area contributed by atoms with Crippen LogP contribution in [0, 0.1) is 0 Å². The second-order valence-corrected chi connectivity index (χ2v) is 5.39. The number of halogens is 4. The molecule has 0 saturated heterocycles. The number of alkyl halides is 3. The van der Waals surface area contributed by atoms with E-state index in [4.69, 9.17) is 22.1 Å². The molecular formula is C13H15ClF3NO. The third-order valence-corrected chi connectivity index (χ3v) is 4.06. The number of nitrogens with two attached hydrogens (primary N) is 1. The molecule has 1 saturated carbocycles. The summed E-state index contributed by atoms with van der Waals surface area (Å²) in [4.78, 5) is 0. The van der Waals surface area contributed by atoms with Crippen molar-refractivity contribution in [3.8, 4) is 5.75 Å². The molecule has 2 nitrogen and oxygen atoms in total. The molecule has 0 spiro atoms. The molecule has 6 heteroatoms. The van der Waals surface area contributed by atoms with Crippen LogP contribution in [0.5, 0.6) is 5.75 Å². The van der Waals surface area contributed by atoms with Crippen molar-refractivity contribution in [1.82, 2.24) is 0 Å². The van der Waals surface area contributed by atoms with E-state index in [1.165, 1.54) is 7.11 Å². The lowest BCUT2D eigenvalue weighted by atomic mass is 9.88. The average molecular weight is 294 g/mol. The topological polar surface area (TPSA) is 35.2 Å². The molecule has 19 heavy (non-hydrogen) atoms. The van der Waals surface area contributed by atoms with Gasteiger partial charge in [-0.05, 0) is 31.9 Å². The third-order valence-electron chi connectivity index (χ3n) is 3.76. The van der Waals surface area contributed by atoms with Gasteiger partial charge >= 0.3 is 6.18 Å². The Balaban J connectivity index is 2.58. The van der Waals surface area contributed by atoms with Crippen LogP contribution in [0.4, 0.5) is 13.2 Å². The van der Waals surface area contributed by atoms with E-state index in [2.05, 4.69) is 0 Å². The zero-order valence-corrected chi connectivity index (χ0v) is 11.4. The minimum absolute atomic E-state index is 0.0708. The zero-order chi connectivity index (χ0) is 14.4. The van der Waals surface area contributed by atoms with Gasteiger partial charge < -0.3 is 10.5 Å². The van der Waals surface area contributed by atoms with Gasteiger partial charge in [0.1, 0.15) is 5.75 Å². The summed E-state index contributed by atoms with van der Waals surface area (Å²) in [5, 5.41) is 0.0708. The molecule has 0 radical (unpaired) electrons. The van der Waals surface area contributed by atoms with Gasteiger partial charge in [-0.2, -0.15) is 13.2 Å². The molecule has 1 aliphatic carbocycles. The van der Waals surface area contributed by atoms with Crippen LogP contribution in [0.25, 0.3) is 0 Å². The van der Waals surface area contributed by atoms with E-state index in [1.807, 2.05) is 6.92 Å². The summed E-state index contributed by atoms with van der Waals surface area (Å²) in [5.74, 6) is 0.162. The molecule has 0 amide bonds. The van der Waals surface area contributed by atoms with Gasteiger partial charge in [0.25, 0.3) is 0 Å². The molecule has 0 aromatic heterocycles. The van der Waals surface area contributed by atoms with Crippen molar-refractivity contribution in [2.45, 2.75) is 37.4 Å². The monoisotopic (exact) mass is 293 g/mol. The van der Waals surface area contributed by atoms with E-state index in [0.717, 1.165) is 25.0 Å². The number of hydrogen-bond donors (Lipinski definition) is 1. The van der Waals surface area contributed by atoms with Crippen LogP contribution in [0.1, 0.15) is 30.9 Å². The summed E-state index contributed by atoms with van der Waals surface area (Å²) in [5.41, 5.74) is 5.38. The number of methoxy groups -OCH3 is 1. The van der Waals surface area contributed by atoms with Gasteiger partial charge in [0.2, 0.25) is 0 Å². The second-order valence-electron chi connectivity index (χ2n) is 4.98. The van der Waals surface area contributed by atoms with E-state index in [1.54, 1.807) is 0 Å². The Kier molecular flexibility index (Phi) is 3.47. The van der Waals surface area contributed by atoms with Crippen molar-refractivity contribution < 1.29 is 17.9 Å². The van der Waals surface area contributed by atoms with Crippen molar-refractivity contribution in [1.29, 1.82) is 0 Å². The predicted octanol–water partition coefficient (Wildman–Crippen LogP) is 3.75. The molecule has 1 aromatic carbocycles. The van der Waals surface area contributed by atoms with Crippen LogP contribution >= 0.6 is 11.6 Å². The highest BCUT2D eigenvalue weighted by Crippen LogP contribution is 2.56. The smallest absolute Gasteiger partial charge is 0.416 e. The molecule has 0 bridgehead atoms. The first-order valence-electron chi connectivity index (χ1n) is 5.93. The SMILES string of the molecule is COc1cc(C(F)(F)F)cc(Cl)c1C1(C(C)N)CC1. The fraction of sp³-hybridized carbons (Fsp3) is 0.538. The van der Waals surface area contributed by atoms with E-state index in [0.29, 0.717) is 5.56 Å². The minimum atomic E-state index is -4.44. The number of benzene rings is 1. The van der Waals surface area contributed by atoms with Gasteiger partial charge in [0.05, 0.1) is 12.7 Å². The van der Waals surface area contributed by atoms with Gasteiger partial charge in [-0.15, -0.1) is 0 Å². The van der Waals surface area contributed by atoms with Crippen LogP contribution in [0.3, 0.4) is 0 Å². The van der Waals surface area contributed by atoms with Crippen molar-refractivity contribution >= 4 is 11.6 Å². The quantitative estimate of drug-likeness (QED) is 0.921. The Morgan fingerprint density at radius 1 is 1.37 bits per heavy atom. The lowest BCUT2D eigenvalue weighted by molar-refractivity contribution is -0.137. The highest BCUT2D eigenvalue weighted by Gasteiger charge is 2.51. The van der Waals surface area contributed by atoms with Crippen LogP contribution in [-0.2, 0) is 11.6 Å². The van der Waals surface area contributed by atoms with Crippen molar-refractivity contribution in [3.63, 3.8) is 0 Å². The van der Waals surface area contributed by atoms with E-state index in [-0.39, 0.29) is 22.2 Å². The fourth-order valence-electron chi connectivity index (χ4n) is 2.46. The lowest BCUT2D eigenvalue weighted by Crippen LogP contribution is -2.32. The maximum absolute atomic E-state index is 12.7. The van der Waals surface area contributed by atoms with Crippen LogP contribution in [0.2, 0.25) is 5.02 Å². The Morgan fingerprint density at radius 2 is 1.95 bits per heavy atom. The molecule has 0 aliphatic heterocycles. The van der Waals surface area contributed by atoms with Gasteiger partial charge in [-0.25, -0.2) is 0 Å². The predicted molar refractivity (Wildman–Crippen MR) is 67.6 cm³/mol. The molecule has 0 heterocycles. The Bertz CT molecular complexity index is 495. The molecule has 2 N–H and O–H groups in total. The normalized spacial score (nSPS) is 19.1. The first-order valence-corrected chi connectivity index (χ1v) is 6.31. The van der Waals surface area contributed by atoms with Gasteiger partial charge in [-0.3, -0.25) is 0 Å². The maximum Gasteiger partial charge on any atom is 0.416 e. The summed E-state index contributed by atoms with van der Waals surface area (Å²) in [6.07, 6.45) is -2.82. The lowest BCUT2D eigenvalue weighted by Gasteiger charge is -2.24. The molecule has 1 fully saturated rings. The molecule has 1 aliphatic rings. The van der Waals surface area contributed by atoms with Crippen LogP contribution in [0.15, 0.2) is 12.1 Å². The van der Waals surface area contributed by atoms with E-state index >= 15 is 0 Å². The molecule has 1 unspecified atom stereocenters. The molecule has 2 rings (SSSR count). The molecular weight excluding hydrogens is 279 g/mol. The van der Waals surface area contributed by atoms with Gasteiger partial charge in [0.15, 0.2) is 0 Å². The molecule has 1 atom stereocenters. The van der Waals surface area contributed by atoms with Crippen molar-refractivity contribution in [3.05, 3.63) is 28.3 Å². The van der Waals surface area contributed by atoms with Crippen LogP contribution in [-0.4, -0.2) is 13.2 Å². The standard InChI is InChI=1S/C13H15ClF3NO/c1-7(18)12(3-4-12)11-9(14)5-8(13(15,16)17)6-10(11)19-2/h5-7H,3-4,18H2,1-2H3. The second kappa shape index (κ2) is 4.56. The van der Waals surface area contributed by atoms with Crippen molar-refractivity contribution in [2.75, 3.05) is 7.11 Å². The third kappa shape index (κ3) is 2.41. The van der Waals surface area contributed by atoms with Gasteiger partial charge in [0, 0.05) is 22.0 Å². The fourth-order valence-corrected chi connectivity index (χ4v) is 2.86. The molecule has 106 valence electrons.